The highest BCUT2D eigenvalue weighted by atomic mass is 79.9. The van der Waals surface area contributed by atoms with E-state index in [4.69, 9.17) is 49.4 Å². The normalized spacial score (nSPS) is 14.5. The van der Waals surface area contributed by atoms with Crippen molar-refractivity contribution in [1.82, 2.24) is 13.7 Å². The number of carbonyl (C=O) groups excluding carboxylic acids is 2. The molecule has 6 aromatic rings. The smallest absolute Gasteiger partial charge is 0.343 e. The second kappa shape index (κ2) is 18.4. The van der Waals surface area contributed by atoms with Gasteiger partial charge in [0.25, 0.3) is 0 Å². The van der Waals surface area contributed by atoms with E-state index in [0.29, 0.717) is 11.0 Å². The molecule has 3 aromatic carbocycles. The van der Waals surface area contributed by atoms with Crippen molar-refractivity contribution in [3.63, 3.8) is 0 Å². The summed E-state index contributed by atoms with van der Waals surface area (Å²) in [6, 6.07) is 4.51. The van der Waals surface area contributed by atoms with Crippen LogP contribution in [-0.2, 0) is 9.47 Å². The van der Waals surface area contributed by atoms with Crippen molar-refractivity contribution >= 4 is 101 Å². The maximum Gasteiger partial charge on any atom is 0.343 e. The Labute approximate surface area is 385 Å². The molecule has 0 saturated heterocycles. The molecule has 0 atom stereocenters. The van der Waals surface area contributed by atoms with E-state index in [0.717, 1.165) is 38.5 Å². The molecule has 19 heteroatoms. The largest absolute Gasteiger partial charge is 0.477 e. The van der Waals surface area contributed by atoms with E-state index in [2.05, 4.69) is 15.9 Å². The molecule has 336 valence electrons. The molecule has 0 aliphatic heterocycles. The Morgan fingerprint density at radius 3 is 1.25 bits per heavy atom. The third kappa shape index (κ3) is 8.81. The molecule has 3 aromatic heterocycles. The third-order valence-corrected chi connectivity index (χ3v) is 12.6. The van der Waals surface area contributed by atoms with Gasteiger partial charge in [0.15, 0.2) is 5.82 Å². The minimum absolute atomic E-state index is 0.0386. The van der Waals surface area contributed by atoms with Crippen LogP contribution in [0.5, 0.6) is 0 Å². The molecule has 0 unspecified atom stereocenters. The number of esters is 2. The minimum Gasteiger partial charge on any atom is -0.477 e. The first-order valence-corrected chi connectivity index (χ1v) is 22.1. The van der Waals surface area contributed by atoms with Gasteiger partial charge in [0.2, 0.25) is 16.3 Å². The number of carboxylic acids is 1. The van der Waals surface area contributed by atoms with Gasteiger partial charge in [-0.25, -0.2) is 27.6 Å². The van der Waals surface area contributed by atoms with Crippen LogP contribution in [0.4, 0.5) is 13.2 Å². The van der Waals surface area contributed by atoms with Gasteiger partial charge in [0.05, 0.1) is 34.2 Å². The van der Waals surface area contributed by atoms with Gasteiger partial charge in [-0.3, -0.25) is 14.4 Å². The van der Waals surface area contributed by atoms with E-state index in [1.54, 1.807) is 34.5 Å². The number of carbonyl (C=O) groups is 3. The number of nitrogens with zero attached hydrogens (tertiary/aromatic N) is 3. The predicted molar refractivity (Wildman–Crippen MR) is 240 cm³/mol. The van der Waals surface area contributed by atoms with Crippen LogP contribution in [0.3, 0.4) is 0 Å². The zero-order valence-corrected chi connectivity index (χ0v) is 38.4. The zero-order valence-electron chi connectivity index (χ0n) is 34.6. The first kappa shape index (κ1) is 46.8. The van der Waals surface area contributed by atoms with E-state index in [9.17, 15) is 41.9 Å². The fourth-order valence-corrected chi connectivity index (χ4v) is 8.89. The van der Waals surface area contributed by atoms with Crippen molar-refractivity contribution in [2.75, 3.05) is 13.2 Å². The maximum atomic E-state index is 14.1. The number of benzene rings is 3. The summed E-state index contributed by atoms with van der Waals surface area (Å²) in [5, 5.41) is 9.41. The second-order valence-electron chi connectivity index (χ2n) is 15.6. The van der Waals surface area contributed by atoms with Crippen LogP contribution in [0.1, 0.15) is 113 Å². The molecular formula is C45H38BrCl3F3N3O9. The highest BCUT2D eigenvalue weighted by Gasteiger charge is 2.32. The third-order valence-electron chi connectivity index (χ3n) is 11.0. The van der Waals surface area contributed by atoms with Gasteiger partial charge < -0.3 is 28.3 Å². The molecule has 3 saturated carbocycles. The minimum atomic E-state index is -1.29. The first-order chi connectivity index (χ1) is 30.3. The zero-order chi connectivity index (χ0) is 46.6. The molecule has 12 nitrogen and oxygen atoms in total. The van der Waals surface area contributed by atoms with Gasteiger partial charge in [-0.05, 0) is 111 Å². The Bertz CT molecular complexity index is 3020. The Hall–Kier alpha value is -5.16. The summed E-state index contributed by atoms with van der Waals surface area (Å²) in [7, 11) is 0. The fraction of sp³-hybridized carbons (Fsp3) is 0.333. The van der Waals surface area contributed by atoms with Gasteiger partial charge >= 0.3 is 17.9 Å². The maximum absolute atomic E-state index is 14.1. The number of halogens is 7. The lowest BCUT2D eigenvalue weighted by molar-refractivity contribution is 0.0514. The molecule has 64 heavy (non-hydrogen) atoms. The van der Waals surface area contributed by atoms with Crippen LogP contribution in [0.15, 0.2) is 55.6 Å². The molecule has 3 aliphatic rings. The standard InChI is InChI=1S/C16H15ClFNO3.C15H12BrClFNO3.C14H11ClFNO3/c1-3-22-16(21)11-7-19(9-4-5-9)14-10(15(11)20)6-8(2)13(18)12(14)17;1-2-22-15(21)9-6-19(7-3-4-7)13-8(14(9)20)5-10(16)12(18)11(13)17;1-6-4-8-12(10(15)11(6)16)17(7-2-3-7)5-9(13(8)18)14(19)20/h6-7,9H,3-5H2,1-2H3;5-7H,2-4H2,1H3;4-5,7H,2-3H2,1H3,(H,19,20). The predicted octanol–water partition coefficient (Wildman–Crippen LogP) is 10.8. The molecule has 0 amide bonds. The second-order valence-corrected chi connectivity index (χ2v) is 17.6. The quantitative estimate of drug-likeness (QED) is 0.116. The molecule has 0 radical (unpaired) electrons. The van der Waals surface area contributed by atoms with Crippen molar-refractivity contribution in [3.8, 4) is 0 Å². The van der Waals surface area contributed by atoms with Gasteiger partial charge in [-0.2, -0.15) is 0 Å². The van der Waals surface area contributed by atoms with Gasteiger partial charge in [0, 0.05) is 52.9 Å². The van der Waals surface area contributed by atoms with Crippen LogP contribution in [0, 0.1) is 31.3 Å². The van der Waals surface area contributed by atoms with E-state index >= 15 is 0 Å². The Balaban J connectivity index is 0.000000144. The number of ether oxygens (including phenoxy) is 2. The Kier molecular flexibility index (Phi) is 13.4. The van der Waals surface area contributed by atoms with Gasteiger partial charge in [-0.15, -0.1) is 0 Å². The number of pyridine rings is 3. The number of aryl methyl sites for hydroxylation is 2. The van der Waals surface area contributed by atoms with E-state index in [-0.39, 0.29) is 100 Å². The fourth-order valence-electron chi connectivity index (χ4n) is 7.35. The van der Waals surface area contributed by atoms with Crippen LogP contribution in [0.25, 0.3) is 32.7 Å². The molecule has 0 spiro atoms. The summed E-state index contributed by atoms with van der Waals surface area (Å²) in [5.41, 5.74) is -0.564. The van der Waals surface area contributed by atoms with Gasteiger partial charge in [0.1, 0.15) is 43.4 Å². The van der Waals surface area contributed by atoms with Crippen molar-refractivity contribution < 1.29 is 42.1 Å². The van der Waals surface area contributed by atoms with E-state index in [1.807, 2.05) is 0 Å². The average molecular weight is 1010 g/mol. The molecule has 3 fully saturated rings. The SMILES string of the molecule is CCOC(=O)c1cn(C2CC2)c2c(Cl)c(F)c(Br)cc2c1=O.CCOC(=O)c1cn(C2CC2)c2c(Cl)c(F)c(C)cc2c1=O.Cc1cc2c(=O)c(C(=O)O)cn(C3CC3)c2c(Cl)c1F. The number of rotatable bonds is 8. The van der Waals surface area contributed by atoms with Crippen LogP contribution >= 0.6 is 50.7 Å². The molecule has 1 N–H and O–H groups in total. The Morgan fingerprint density at radius 2 is 0.922 bits per heavy atom. The number of aromatic carboxylic acids is 1. The summed E-state index contributed by atoms with van der Waals surface area (Å²) < 4.78 is 57.1. The molecule has 0 bridgehead atoms. The summed E-state index contributed by atoms with van der Waals surface area (Å²) in [6.45, 7) is 6.74. The van der Waals surface area contributed by atoms with E-state index in [1.165, 1.54) is 43.7 Å². The number of carboxylic acid groups (broad SMARTS) is 1. The van der Waals surface area contributed by atoms with Crippen LogP contribution in [0.2, 0.25) is 15.1 Å². The summed E-state index contributed by atoms with van der Waals surface area (Å²) in [6.07, 6.45) is 9.48. The van der Waals surface area contributed by atoms with E-state index < -0.39 is 51.6 Å². The lowest BCUT2D eigenvalue weighted by Crippen LogP contribution is -2.21. The number of hydrogen-bond donors (Lipinski definition) is 1. The average Bonchev–Trinajstić information content (AvgIpc) is 4.07. The first-order valence-electron chi connectivity index (χ1n) is 20.2. The van der Waals surface area contributed by atoms with Crippen molar-refractivity contribution in [1.29, 1.82) is 0 Å². The molecular weight excluding hydrogens is 970 g/mol. The summed E-state index contributed by atoms with van der Waals surface area (Å²) >= 11 is 21.3. The number of aromatic nitrogens is 3. The van der Waals surface area contributed by atoms with Crippen molar-refractivity contribution in [2.24, 2.45) is 0 Å². The van der Waals surface area contributed by atoms with Crippen molar-refractivity contribution in [2.45, 2.75) is 84.3 Å². The molecule has 9 rings (SSSR count). The monoisotopic (exact) mass is 1010 g/mol. The van der Waals surface area contributed by atoms with Crippen LogP contribution < -0.4 is 16.3 Å². The highest BCUT2D eigenvalue weighted by molar-refractivity contribution is 9.10. The van der Waals surface area contributed by atoms with Crippen molar-refractivity contribution in [3.05, 3.63) is 132 Å². The molecule has 3 heterocycles. The number of fused-ring (bicyclic) bond motifs is 3. The summed E-state index contributed by atoms with van der Waals surface area (Å²) in [5.74, 6) is -4.36. The van der Waals surface area contributed by atoms with Gasteiger partial charge in [-0.1, -0.05) is 34.8 Å². The number of hydrogen-bond acceptors (Lipinski definition) is 8. The topological polar surface area (TPSA) is 156 Å². The lowest BCUT2D eigenvalue weighted by atomic mass is 10.1. The molecule has 3 aliphatic carbocycles. The lowest BCUT2D eigenvalue weighted by Gasteiger charge is -2.15. The Morgan fingerprint density at radius 1 is 0.609 bits per heavy atom. The van der Waals surface area contributed by atoms with Crippen LogP contribution in [-0.4, -0.2) is 49.9 Å². The summed E-state index contributed by atoms with van der Waals surface area (Å²) in [4.78, 5) is 72.5. The highest BCUT2D eigenvalue weighted by Crippen LogP contribution is 2.42.